The van der Waals surface area contributed by atoms with Gasteiger partial charge in [0.1, 0.15) is 5.03 Å². The molecular formula is C5H9ClNO2+. The summed E-state index contributed by atoms with van der Waals surface area (Å²) in [5.41, 5.74) is 3.47. The summed E-state index contributed by atoms with van der Waals surface area (Å²) in [5.74, 6) is -0.514. The highest BCUT2D eigenvalue weighted by Crippen LogP contribution is 2.00. The van der Waals surface area contributed by atoms with Crippen molar-refractivity contribution >= 4 is 17.6 Å². The molecule has 0 aliphatic heterocycles. The van der Waals surface area contributed by atoms with Crippen LogP contribution in [0.4, 0.5) is 0 Å². The largest absolute Gasteiger partial charge is 0.465 e. The fourth-order valence-corrected chi connectivity index (χ4v) is 0.494. The van der Waals surface area contributed by atoms with Crippen LogP contribution < -0.4 is 5.73 Å². The summed E-state index contributed by atoms with van der Waals surface area (Å²) < 4.78 is 4.30. The number of carbonyl (C=O) groups excluding carboxylic acids is 1. The SMILES string of the molecule is COC(=O)/C(Cl)=C/C[NH3+]. The van der Waals surface area contributed by atoms with E-state index in [1.807, 2.05) is 0 Å². The van der Waals surface area contributed by atoms with Gasteiger partial charge in [0, 0.05) is 0 Å². The lowest BCUT2D eigenvalue weighted by atomic mass is 10.5. The fourth-order valence-electron chi connectivity index (χ4n) is 0.308. The molecule has 0 spiro atoms. The van der Waals surface area contributed by atoms with Gasteiger partial charge >= 0.3 is 5.97 Å². The van der Waals surface area contributed by atoms with Crippen LogP contribution in [0, 0.1) is 0 Å². The molecule has 0 aliphatic carbocycles. The van der Waals surface area contributed by atoms with E-state index in [-0.39, 0.29) is 5.03 Å². The van der Waals surface area contributed by atoms with Crippen molar-refractivity contribution in [2.45, 2.75) is 0 Å². The van der Waals surface area contributed by atoms with Crippen LogP contribution in [0.25, 0.3) is 0 Å². The molecule has 0 heterocycles. The first-order valence-electron chi connectivity index (χ1n) is 2.45. The smallest absolute Gasteiger partial charge is 0.349 e. The number of ether oxygens (including phenoxy) is 1. The van der Waals surface area contributed by atoms with Crippen LogP contribution in [-0.4, -0.2) is 19.6 Å². The highest BCUT2D eigenvalue weighted by Gasteiger charge is 2.03. The number of rotatable bonds is 2. The molecular weight excluding hydrogens is 142 g/mol. The van der Waals surface area contributed by atoms with Crippen LogP contribution in [0.1, 0.15) is 0 Å². The summed E-state index contributed by atoms with van der Waals surface area (Å²) in [6.45, 7) is 0.494. The van der Waals surface area contributed by atoms with Crippen LogP contribution in [0.5, 0.6) is 0 Å². The minimum atomic E-state index is -0.514. The minimum Gasteiger partial charge on any atom is -0.465 e. The van der Waals surface area contributed by atoms with E-state index in [4.69, 9.17) is 11.6 Å². The van der Waals surface area contributed by atoms with E-state index >= 15 is 0 Å². The Hall–Kier alpha value is -0.540. The Balaban J connectivity index is 3.86. The second-order valence-corrected chi connectivity index (χ2v) is 1.74. The lowest BCUT2D eigenvalue weighted by molar-refractivity contribution is -0.352. The average Bonchev–Trinajstić information content (AvgIpc) is 1.87. The number of halogens is 1. The quantitative estimate of drug-likeness (QED) is 0.427. The second-order valence-electron chi connectivity index (χ2n) is 1.33. The van der Waals surface area contributed by atoms with Crippen LogP contribution in [0.2, 0.25) is 0 Å². The molecule has 0 saturated heterocycles. The zero-order valence-corrected chi connectivity index (χ0v) is 5.94. The standard InChI is InChI=1S/C5H8ClNO2/c1-9-5(8)4(6)2-3-7/h2H,3,7H2,1H3/p+1/b4-2-. The summed E-state index contributed by atoms with van der Waals surface area (Å²) in [7, 11) is 1.28. The van der Waals surface area contributed by atoms with Gasteiger partial charge in [-0.3, -0.25) is 0 Å². The molecule has 52 valence electrons. The van der Waals surface area contributed by atoms with Gasteiger partial charge in [-0.1, -0.05) is 11.6 Å². The molecule has 0 fully saturated rings. The number of methoxy groups -OCH3 is 1. The van der Waals surface area contributed by atoms with Gasteiger partial charge < -0.3 is 10.5 Å². The van der Waals surface area contributed by atoms with Crippen molar-refractivity contribution in [3.8, 4) is 0 Å². The van der Waals surface area contributed by atoms with E-state index in [1.54, 1.807) is 0 Å². The maximum absolute atomic E-state index is 10.5. The number of esters is 1. The normalized spacial score (nSPS) is 11.2. The molecule has 9 heavy (non-hydrogen) atoms. The highest BCUT2D eigenvalue weighted by atomic mass is 35.5. The zero-order chi connectivity index (χ0) is 7.28. The Morgan fingerprint density at radius 2 is 2.44 bits per heavy atom. The molecule has 0 aromatic heterocycles. The van der Waals surface area contributed by atoms with E-state index < -0.39 is 5.97 Å². The Morgan fingerprint density at radius 1 is 1.89 bits per heavy atom. The van der Waals surface area contributed by atoms with Gasteiger partial charge in [-0.2, -0.15) is 0 Å². The van der Waals surface area contributed by atoms with Crippen molar-refractivity contribution in [2.24, 2.45) is 0 Å². The first-order valence-corrected chi connectivity index (χ1v) is 2.83. The van der Waals surface area contributed by atoms with Crippen molar-refractivity contribution in [1.29, 1.82) is 0 Å². The molecule has 0 aromatic carbocycles. The summed E-state index contributed by atoms with van der Waals surface area (Å²) in [6, 6.07) is 0. The monoisotopic (exact) mass is 150 g/mol. The molecule has 0 aliphatic rings. The summed E-state index contributed by atoms with van der Waals surface area (Å²) >= 11 is 5.38. The Kier molecular flexibility index (Phi) is 4.09. The molecule has 4 heteroatoms. The first kappa shape index (κ1) is 8.46. The van der Waals surface area contributed by atoms with Gasteiger partial charge in [-0.25, -0.2) is 4.79 Å². The second kappa shape index (κ2) is 4.35. The van der Waals surface area contributed by atoms with Crippen molar-refractivity contribution in [2.75, 3.05) is 13.7 Å². The Bertz CT molecular complexity index is 133. The van der Waals surface area contributed by atoms with E-state index in [0.29, 0.717) is 6.54 Å². The van der Waals surface area contributed by atoms with Crippen molar-refractivity contribution in [1.82, 2.24) is 0 Å². The lowest BCUT2D eigenvalue weighted by Crippen LogP contribution is -2.49. The van der Waals surface area contributed by atoms with E-state index in [9.17, 15) is 4.79 Å². The lowest BCUT2D eigenvalue weighted by Gasteiger charge is -1.92. The van der Waals surface area contributed by atoms with Gasteiger partial charge in [0.25, 0.3) is 0 Å². The third-order valence-corrected chi connectivity index (χ3v) is 1.01. The summed E-state index contributed by atoms with van der Waals surface area (Å²) in [5, 5.41) is 0.0903. The molecule has 0 atom stereocenters. The van der Waals surface area contributed by atoms with E-state index in [0.717, 1.165) is 0 Å². The number of hydrogen-bond donors (Lipinski definition) is 1. The van der Waals surface area contributed by atoms with Gasteiger partial charge in [0.2, 0.25) is 0 Å². The average molecular weight is 151 g/mol. The molecule has 0 unspecified atom stereocenters. The predicted octanol–water partition coefficient (Wildman–Crippen LogP) is -0.476. The van der Waals surface area contributed by atoms with E-state index in [2.05, 4.69) is 10.5 Å². The molecule has 0 bridgehead atoms. The van der Waals surface area contributed by atoms with Crippen LogP contribution in [-0.2, 0) is 9.53 Å². The zero-order valence-electron chi connectivity index (χ0n) is 5.19. The first-order chi connectivity index (χ1) is 4.22. The van der Waals surface area contributed by atoms with E-state index in [1.165, 1.54) is 13.2 Å². The van der Waals surface area contributed by atoms with Crippen molar-refractivity contribution < 1.29 is 15.3 Å². The number of carbonyl (C=O) groups is 1. The van der Waals surface area contributed by atoms with Crippen molar-refractivity contribution in [3.05, 3.63) is 11.1 Å². The number of quaternary nitrogens is 1. The molecule has 0 saturated carbocycles. The fraction of sp³-hybridized carbons (Fsp3) is 0.400. The highest BCUT2D eigenvalue weighted by molar-refractivity contribution is 6.41. The predicted molar refractivity (Wildman–Crippen MR) is 33.7 cm³/mol. The number of hydrogen-bond acceptors (Lipinski definition) is 2. The van der Waals surface area contributed by atoms with Gasteiger partial charge in [0.05, 0.1) is 13.7 Å². The molecule has 0 rings (SSSR count). The third-order valence-electron chi connectivity index (χ3n) is 0.704. The van der Waals surface area contributed by atoms with Crippen LogP contribution in [0.15, 0.2) is 11.1 Å². The van der Waals surface area contributed by atoms with Crippen LogP contribution >= 0.6 is 11.6 Å². The molecule has 0 aromatic rings. The molecule has 3 nitrogen and oxygen atoms in total. The van der Waals surface area contributed by atoms with Gasteiger partial charge in [-0.05, 0) is 6.08 Å². The summed E-state index contributed by atoms with van der Waals surface area (Å²) in [4.78, 5) is 10.5. The Labute approximate surface area is 58.4 Å². The van der Waals surface area contributed by atoms with Crippen molar-refractivity contribution in [3.63, 3.8) is 0 Å². The molecule has 0 radical (unpaired) electrons. The van der Waals surface area contributed by atoms with Gasteiger partial charge in [0.15, 0.2) is 0 Å². The van der Waals surface area contributed by atoms with Gasteiger partial charge in [-0.15, -0.1) is 0 Å². The topological polar surface area (TPSA) is 53.9 Å². The Morgan fingerprint density at radius 3 is 2.78 bits per heavy atom. The maximum Gasteiger partial charge on any atom is 0.349 e. The molecule has 3 N–H and O–H groups in total. The van der Waals surface area contributed by atoms with Crippen LogP contribution in [0.3, 0.4) is 0 Å². The minimum absolute atomic E-state index is 0.0903. The maximum atomic E-state index is 10.5. The third kappa shape index (κ3) is 3.11. The molecule has 0 amide bonds. The summed E-state index contributed by atoms with van der Waals surface area (Å²) in [6.07, 6.45) is 1.49.